The van der Waals surface area contributed by atoms with Crippen LogP contribution in [0.3, 0.4) is 0 Å². The van der Waals surface area contributed by atoms with Gasteiger partial charge in [0.15, 0.2) is 0 Å². The van der Waals surface area contributed by atoms with Gasteiger partial charge in [-0.25, -0.2) is 0 Å². The highest BCUT2D eigenvalue weighted by atomic mass is 19.4. The zero-order chi connectivity index (χ0) is 21.2. The maximum absolute atomic E-state index is 12.3. The third kappa shape index (κ3) is 4.97. The van der Waals surface area contributed by atoms with Gasteiger partial charge < -0.3 is 15.0 Å². The van der Waals surface area contributed by atoms with E-state index in [2.05, 4.69) is 38.7 Å². The van der Waals surface area contributed by atoms with Gasteiger partial charge in [0.1, 0.15) is 5.75 Å². The number of pyridine rings is 1. The molecule has 0 aliphatic carbocycles. The number of carbonyl (C=O) groups is 1. The van der Waals surface area contributed by atoms with E-state index in [0.29, 0.717) is 25.3 Å². The number of amides is 1. The fraction of sp³-hybridized carbons (Fsp3) is 0.400. The number of aromatic nitrogens is 1. The second kappa shape index (κ2) is 7.90. The number of rotatable bonds is 5. The Balaban J connectivity index is 1.75. The average molecular weight is 408 g/mol. The molecule has 0 radical (unpaired) electrons. The van der Waals surface area contributed by atoms with E-state index in [1.54, 1.807) is 31.6 Å². The van der Waals surface area contributed by atoms with E-state index in [-0.39, 0.29) is 17.2 Å². The van der Waals surface area contributed by atoms with Crippen LogP contribution in [0, 0.1) is 0 Å². The number of carbonyl (C=O) groups excluding carboxylic acids is 1. The first-order chi connectivity index (χ1) is 13.6. The number of ether oxygens (including phenoxy) is 1. The first kappa shape index (κ1) is 20.9. The molecule has 2 aromatic rings. The van der Waals surface area contributed by atoms with E-state index in [4.69, 9.17) is 0 Å². The normalized spacial score (nSPS) is 16.7. The molecule has 1 fully saturated rings. The topological polar surface area (TPSA) is 57.7 Å². The second-order valence-electron chi connectivity index (χ2n) is 7.50. The van der Waals surface area contributed by atoms with Gasteiger partial charge in [0.25, 0.3) is 5.91 Å². The van der Waals surface area contributed by atoms with Gasteiger partial charge in [0.2, 0.25) is 0 Å². The Bertz CT molecular complexity index is 869. The van der Waals surface area contributed by atoms with Crippen molar-refractivity contribution in [2.45, 2.75) is 32.3 Å². The summed E-state index contributed by atoms with van der Waals surface area (Å²) in [6.45, 7) is 5.99. The lowest BCUT2D eigenvalue weighted by Gasteiger charge is -2.30. The van der Waals surface area contributed by atoms with Gasteiger partial charge in [-0.2, -0.15) is 0 Å². The van der Waals surface area contributed by atoms with Crippen LogP contribution in [0.1, 0.15) is 29.8 Å². The predicted octanol–water partition coefficient (Wildman–Crippen LogP) is 3.40. The zero-order valence-electron chi connectivity index (χ0n) is 16.5. The van der Waals surface area contributed by atoms with Crippen molar-refractivity contribution in [3.05, 3.63) is 53.9 Å². The highest BCUT2D eigenvalue weighted by molar-refractivity contribution is 5.95. The van der Waals surface area contributed by atoms with Crippen molar-refractivity contribution in [1.82, 2.24) is 15.2 Å². The van der Waals surface area contributed by atoms with Crippen molar-refractivity contribution in [1.29, 1.82) is 0 Å². The maximum Gasteiger partial charge on any atom is 0.573 e. The zero-order valence-corrected chi connectivity index (χ0v) is 16.5. The molecule has 6 nitrogen and oxygen atoms in total. The highest BCUT2D eigenvalue weighted by Crippen LogP contribution is 2.32. The molecule has 0 bridgehead atoms. The Kier molecular flexibility index (Phi) is 5.70. The summed E-state index contributed by atoms with van der Waals surface area (Å²) in [7, 11) is 1.58. The Morgan fingerprint density at radius 2 is 1.93 bits per heavy atom. The molecule has 1 saturated heterocycles. The van der Waals surface area contributed by atoms with Crippen molar-refractivity contribution >= 4 is 11.6 Å². The minimum absolute atomic E-state index is 0.192. The number of alkyl halides is 3. The molecule has 1 aliphatic rings. The standard InChI is InChI=1S/C20H23F3N4O2/c1-19(2)12-26(15-4-6-16(7-5-15)29-20(21,22)23)13-27(19)11-14-8-9-25-10-17(14)18(28)24-3/h4-10H,11-13H2,1-3H3,(H,24,28). The summed E-state index contributed by atoms with van der Waals surface area (Å²) in [6, 6.07) is 7.68. The van der Waals surface area contributed by atoms with Crippen LogP contribution < -0.4 is 15.0 Å². The van der Waals surface area contributed by atoms with Gasteiger partial charge in [-0.1, -0.05) is 0 Å². The van der Waals surface area contributed by atoms with E-state index in [1.165, 1.54) is 12.1 Å². The quantitative estimate of drug-likeness (QED) is 0.822. The van der Waals surface area contributed by atoms with Crippen molar-refractivity contribution < 1.29 is 22.7 Å². The molecule has 156 valence electrons. The molecule has 3 rings (SSSR count). The molecule has 2 heterocycles. The number of nitrogens with zero attached hydrogens (tertiary/aromatic N) is 3. The minimum atomic E-state index is -4.71. The highest BCUT2D eigenvalue weighted by Gasteiger charge is 2.37. The summed E-state index contributed by atoms with van der Waals surface area (Å²) >= 11 is 0. The predicted molar refractivity (Wildman–Crippen MR) is 103 cm³/mol. The van der Waals surface area contributed by atoms with Crippen LogP contribution >= 0.6 is 0 Å². The third-order valence-corrected chi connectivity index (χ3v) is 4.95. The lowest BCUT2D eigenvalue weighted by Crippen LogP contribution is -2.40. The molecule has 0 saturated carbocycles. The van der Waals surface area contributed by atoms with Gasteiger partial charge in [-0.3, -0.25) is 14.7 Å². The SMILES string of the molecule is CNC(=O)c1cnccc1CN1CN(c2ccc(OC(F)(F)F)cc2)CC1(C)C. The monoisotopic (exact) mass is 408 g/mol. The van der Waals surface area contributed by atoms with Crippen molar-refractivity contribution in [2.75, 3.05) is 25.2 Å². The van der Waals surface area contributed by atoms with E-state index < -0.39 is 6.36 Å². The maximum atomic E-state index is 12.3. The lowest BCUT2D eigenvalue weighted by molar-refractivity contribution is -0.274. The van der Waals surface area contributed by atoms with Gasteiger partial charge >= 0.3 is 6.36 Å². The molecule has 0 unspecified atom stereocenters. The number of halogens is 3. The fourth-order valence-corrected chi connectivity index (χ4v) is 3.42. The molecule has 1 aromatic carbocycles. The van der Waals surface area contributed by atoms with E-state index in [9.17, 15) is 18.0 Å². The largest absolute Gasteiger partial charge is 0.573 e. The van der Waals surface area contributed by atoms with Crippen LogP contribution in [0.4, 0.5) is 18.9 Å². The van der Waals surface area contributed by atoms with Crippen LogP contribution in [0.2, 0.25) is 0 Å². The lowest BCUT2D eigenvalue weighted by atomic mass is 10.0. The number of anilines is 1. The van der Waals surface area contributed by atoms with Gasteiger partial charge in [0, 0.05) is 43.8 Å². The van der Waals surface area contributed by atoms with Crippen molar-refractivity contribution in [2.24, 2.45) is 0 Å². The second-order valence-corrected chi connectivity index (χ2v) is 7.50. The molecule has 1 amide bonds. The Morgan fingerprint density at radius 3 is 2.55 bits per heavy atom. The minimum Gasteiger partial charge on any atom is -0.406 e. The number of hydrogen-bond acceptors (Lipinski definition) is 5. The third-order valence-electron chi connectivity index (χ3n) is 4.95. The molecule has 1 aliphatic heterocycles. The van der Waals surface area contributed by atoms with E-state index in [1.807, 2.05) is 6.07 Å². The first-order valence-electron chi connectivity index (χ1n) is 9.10. The molecule has 0 spiro atoms. The Morgan fingerprint density at radius 1 is 1.24 bits per heavy atom. The molecule has 29 heavy (non-hydrogen) atoms. The smallest absolute Gasteiger partial charge is 0.406 e. The average Bonchev–Trinajstić information content (AvgIpc) is 2.95. The number of hydrogen-bond donors (Lipinski definition) is 1. The van der Waals surface area contributed by atoms with Gasteiger partial charge in [-0.05, 0) is 49.7 Å². The summed E-state index contributed by atoms with van der Waals surface area (Å²) in [6.07, 6.45) is -1.50. The van der Waals surface area contributed by atoms with Crippen molar-refractivity contribution in [3.8, 4) is 5.75 Å². The van der Waals surface area contributed by atoms with Gasteiger partial charge in [0.05, 0.1) is 12.2 Å². The first-order valence-corrected chi connectivity index (χ1v) is 9.10. The van der Waals surface area contributed by atoms with Crippen LogP contribution in [0.5, 0.6) is 5.75 Å². The summed E-state index contributed by atoms with van der Waals surface area (Å²) in [5.41, 5.74) is 1.99. The molecular formula is C20H23F3N4O2. The van der Waals surface area contributed by atoms with E-state index >= 15 is 0 Å². The molecule has 1 N–H and O–H groups in total. The number of nitrogens with one attached hydrogen (secondary N) is 1. The Labute approximate surface area is 167 Å². The molecule has 0 atom stereocenters. The molecular weight excluding hydrogens is 385 g/mol. The summed E-state index contributed by atoms with van der Waals surface area (Å²) in [5, 5.41) is 2.62. The van der Waals surface area contributed by atoms with Gasteiger partial charge in [-0.15, -0.1) is 13.2 Å². The van der Waals surface area contributed by atoms with Crippen molar-refractivity contribution in [3.63, 3.8) is 0 Å². The van der Waals surface area contributed by atoms with Crippen LogP contribution in [0.25, 0.3) is 0 Å². The summed E-state index contributed by atoms with van der Waals surface area (Å²) < 4.78 is 41.0. The van der Waals surface area contributed by atoms with Crippen LogP contribution in [0.15, 0.2) is 42.7 Å². The van der Waals surface area contributed by atoms with Crippen LogP contribution in [-0.4, -0.2) is 48.0 Å². The molecule has 1 aromatic heterocycles. The summed E-state index contributed by atoms with van der Waals surface area (Å²) in [4.78, 5) is 20.5. The summed E-state index contributed by atoms with van der Waals surface area (Å²) in [5.74, 6) is -0.439. The number of benzene rings is 1. The van der Waals surface area contributed by atoms with E-state index in [0.717, 1.165) is 11.3 Å². The fourth-order valence-electron chi connectivity index (χ4n) is 3.42. The molecule has 9 heteroatoms. The Hall–Kier alpha value is -2.81. The van der Waals surface area contributed by atoms with Crippen LogP contribution in [-0.2, 0) is 6.54 Å².